The Bertz CT molecular complexity index is 538. The number of thiazole rings is 1. The van der Waals surface area contributed by atoms with E-state index in [1.807, 2.05) is 0 Å². The Morgan fingerprint density at radius 1 is 1.24 bits per heavy atom. The van der Waals surface area contributed by atoms with E-state index in [9.17, 15) is 0 Å². The molecular formula is C14H18N2S. The second-order valence-corrected chi connectivity index (χ2v) is 6.34. The molecule has 3 heteroatoms. The van der Waals surface area contributed by atoms with Crippen LogP contribution in [0.4, 0.5) is 0 Å². The molecule has 0 unspecified atom stereocenters. The van der Waals surface area contributed by atoms with Gasteiger partial charge in [-0.3, -0.25) is 0 Å². The average molecular weight is 246 g/mol. The molecule has 1 aromatic carbocycles. The molecule has 0 aliphatic heterocycles. The molecule has 3 rings (SSSR count). The summed E-state index contributed by atoms with van der Waals surface area (Å²) in [5.74, 6) is 0. The van der Waals surface area contributed by atoms with Crippen LogP contribution in [0.5, 0.6) is 0 Å². The molecule has 1 heterocycles. The number of nitrogens with zero attached hydrogens (tertiary/aromatic N) is 1. The molecule has 17 heavy (non-hydrogen) atoms. The lowest BCUT2D eigenvalue weighted by atomic mass is 9.77. The first-order valence-corrected chi connectivity index (χ1v) is 7.16. The molecule has 0 amide bonds. The smallest absolute Gasteiger partial charge is 0.0907 e. The van der Waals surface area contributed by atoms with Crippen LogP contribution in [0, 0.1) is 6.92 Å². The Hall–Kier alpha value is -0.930. The van der Waals surface area contributed by atoms with Crippen molar-refractivity contribution in [1.29, 1.82) is 0 Å². The summed E-state index contributed by atoms with van der Waals surface area (Å²) in [5, 5.41) is 1.13. The summed E-state index contributed by atoms with van der Waals surface area (Å²) >= 11 is 1.76. The maximum Gasteiger partial charge on any atom is 0.0907 e. The van der Waals surface area contributed by atoms with Crippen molar-refractivity contribution in [3.63, 3.8) is 0 Å². The van der Waals surface area contributed by atoms with E-state index >= 15 is 0 Å². The summed E-state index contributed by atoms with van der Waals surface area (Å²) in [6.07, 6.45) is 6.02. The Balaban J connectivity index is 2.15. The van der Waals surface area contributed by atoms with E-state index in [1.54, 1.807) is 11.3 Å². The second-order valence-electron chi connectivity index (χ2n) is 5.10. The molecule has 2 aromatic rings. The van der Waals surface area contributed by atoms with E-state index in [0.717, 1.165) is 23.4 Å². The van der Waals surface area contributed by atoms with Crippen LogP contribution in [0.1, 0.15) is 42.7 Å². The number of nitrogens with two attached hydrogens (primary N) is 1. The zero-order chi connectivity index (χ0) is 11.9. The highest BCUT2D eigenvalue weighted by Crippen LogP contribution is 2.38. The van der Waals surface area contributed by atoms with Crippen LogP contribution >= 0.6 is 11.3 Å². The van der Waals surface area contributed by atoms with E-state index in [1.165, 1.54) is 29.5 Å². The SMILES string of the molecule is Cc1nc2c(C3(N)CCCCC3)cccc2s1. The van der Waals surface area contributed by atoms with Crippen LogP contribution in [-0.4, -0.2) is 4.98 Å². The lowest BCUT2D eigenvalue weighted by molar-refractivity contribution is 0.304. The largest absolute Gasteiger partial charge is 0.321 e. The number of fused-ring (bicyclic) bond motifs is 1. The number of para-hydroxylation sites is 1. The summed E-state index contributed by atoms with van der Waals surface area (Å²) in [7, 11) is 0. The van der Waals surface area contributed by atoms with Gasteiger partial charge in [0.2, 0.25) is 0 Å². The van der Waals surface area contributed by atoms with Gasteiger partial charge in [-0.05, 0) is 31.4 Å². The summed E-state index contributed by atoms with van der Waals surface area (Å²) in [4.78, 5) is 4.67. The third kappa shape index (κ3) is 1.87. The second kappa shape index (κ2) is 4.07. The Labute approximate surface area is 106 Å². The molecule has 0 spiro atoms. The first-order chi connectivity index (χ1) is 8.19. The fraction of sp³-hybridized carbons (Fsp3) is 0.500. The molecule has 1 aromatic heterocycles. The molecule has 90 valence electrons. The summed E-state index contributed by atoms with van der Waals surface area (Å²) in [6.45, 7) is 2.07. The first kappa shape index (κ1) is 11.2. The van der Waals surface area contributed by atoms with Crippen molar-refractivity contribution in [3.05, 3.63) is 28.8 Å². The zero-order valence-electron chi connectivity index (χ0n) is 10.2. The molecule has 0 atom stereocenters. The van der Waals surface area contributed by atoms with Crippen molar-refractivity contribution in [2.24, 2.45) is 5.73 Å². The molecule has 0 bridgehead atoms. The topological polar surface area (TPSA) is 38.9 Å². The van der Waals surface area contributed by atoms with Crippen molar-refractivity contribution in [3.8, 4) is 0 Å². The Kier molecular flexibility index (Phi) is 2.68. The van der Waals surface area contributed by atoms with Gasteiger partial charge >= 0.3 is 0 Å². The minimum absolute atomic E-state index is 0.141. The van der Waals surface area contributed by atoms with Crippen LogP contribution in [-0.2, 0) is 5.54 Å². The average Bonchev–Trinajstić information content (AvgIpc) is 2.69. The van der Waals surface area contributed by atoms with Crippen LogP contribution in [0.25, 0.3) is 10.2 Å². The van der Waals surface area contributed by atoms with Crippen molar-refractivity contribution in [2.45, 2.75) is 44.6 Å². The monoisotopic (exact) mass is 246 g/mol. The quantitative estimate of drug-likeness (QED) is 0.833. The van der Waals surface area contributed by atoms with Gasteiger partial charge in [0, 0.05) is 5.54 Å². The van der Waals surface area contributed by atoms with Gasteiger partial charge in [0.1, 0.15) is 0 Å². The number of hydrogen-bond acceptors (Lipinski definition) is 3. The molecule has 1 saturated carbocycles. The van der Waals surface area contributed by atoms with Gasteiger partial charge in [0.25, 0.3) is 0 Å². The number of hydrogen-bond donors (Lipinski definition) is 1. The van der Waals surface area contributed by atoms with Gasteiger partial charge in [-0.15, -0.1) is 11.3 Å². The molecule has 2 N–H and O–H groups in total. The molecular weight excluding hydrogens is 228 g/mol. The number of benzene rings is 1. The molecule has 1 aliphatic rings. The van der Waals surface area contributed by atoms with Crippen LogP contribution in [0.15, 0.2) is 18.2 Å². The lowest BCUT2D eigenvalue weighted by Crippen LogP contribution is -2.38. The summed E-state index contributed by atoms with van der Waals surface area (Å²) in [5.41, 5.74) is 8.88. The van der Waals surface area contributed by atoms with E-state index < -0.39 is 0 Å². The molecule has 1 fully saturated rings. The van der Waals surface area contributed by atoms with Gasteiger partial charge < -0.3 is 5.73 Å². The van der Waals surface area contributed by atoms with Gasteiger partial charge in [-0.2, -0.15) is 0 Å². The minimum atomic E-state index is -0.141. The normalized spacial score (nSPS) is 19.6. The highest BCUT2D eigenvalue weighted by Gasteiger charge is 2.31. The summed E-state index contributed by atoms with van der Waals surface area (Å²) < 4.78 is 1.27. The van der Waals surface area contributed by atoms with Crippen LogP contribution in [0.3, 0.4) is 0 Å². The van der Waals surface area contributed by atoms with Crippen LogP contribution in [0.2, 0.25) is 0 Å². The van der Waals surface area contributed by atoms with Gasteiger partial charge in [0.05, 0.1) is 15.2 Å². The van der Waals surface area contributed by atoms with Crippen molar-refractivity contribution in [1.82, 2.24) is 4.98 Å². The van der Waals surface area contributed by atoms with E-state index in [-0.39, 0.29) is 5.54 Å². The maximum atomic E-state index is 6.62. The van der Waals surface area contributed by atoms with Gasteiger partial charge in [0.15, 0.2) is 0 Å². The maximum absolute atomic E-state index is 6.62. The van der Waals surface area contributed by atoms with E-state index in [4.69, 9.17) is 5.73 Å². The summed E-state index contributed by atoms with van der Waals surface area (Å²) in [6, 6.07) is 6.45. The molecule has 2 nitrogen and oxygen atoms in total. The predicted molar refractivity (Wildman–Crippen MR) is 73.3 cm³/mol. The van der Waals surface area contributed by atoms with E-state index in [2.05, 4.69) is 30.1 Å². The fourth-order valence-electron chi connectivity index (χ4n) is 2.91. The molecule has 0 saturated heterocycles. The minimum Gasteiger partial charge on any atom is -0.321 e. The number of aryl methyl sites for hydroxylation is 1. The number of rotatable bonds is 1. The van der Waals surface area contributed by atoms with Crippen molar-refractivity contribution in [2.75, 3.05) is 0 Å². The van der Waals surface area contributed by atoms with Crippen molar-refractivity contribution < 1.29 is 0 Å². The van der Waals surface area contributed by atoms with Crippen LogP contribution < -0.4 is 5.73 Å². The molecule has 1 aliphatic carbocycles. The third-order valence-electron chi connectivity index (χ3n) is 3.81. The van der Waals surface area contributed by atoms with E-state index in [0.29, 0.717) is 0 Å². The zero-order valence-corrected chi connectivity index (χ0v) is 11.0. The predicted octanol–water partition coefficient (Wildman–Crippen LogP) is 3.72. The fourth-order valence-corrected chi connectivity index (χ4v) is 3.77. The first-order valence-electron chi connectivity index (χ1n) is 6.35. The highest BCUT2D eigenvalue weighted by molar-refractivity contribution is 7.18. The Morgan fingerprint density at radius 3 is 2.76 bits per heavy atom. The molecule has 0 radical (unpaired) electrons. The Morgan fingerprint density at radius 2 is 2.00 bits per heavy atom. The lowest BCUT2D eigenvalue weighted by Gasteiger charge is -2.34. The van der Waals surface area contributed by atoms with Gasteiger partial charge in [-0.25, -0.2) is 4.98 Å². The number of aromatic nitrogens is 1. The van der Waals surface area contributed by atoms with Crippen molar-refractivity contribution >= 4 is 21.6 Å². The standard InChI is InChI=1S/C14H18N2S/c1-10-16-13-11(6-5-7-12(13)17-10)14(15)8-3-2-4-9-14/h5-7H,2-4,8-9,15H2,1H3. The van der Waals surface area contributed by atoms with Gasteiger partial charge in [-0.1, -0.05) is 31.4 Å². The third-order valence-corrected chi connectivity index (χ3v) is 4.74. The highest BCUT2D eigenvalue weighted by atomic mass is 32.1.